The van der Waals surface area contributed by atoms with Gasteiger partial charge in [0.25, 0.3) is 0 Å². The molecule has 94 valence electrons. The summed E-state index contributed by atoms with van der Waals surface area (Å²) in [4.78, 5) is 0. The molecule has 0 amide bonds. The molecule has 0 aliphatic heterocycles. The molecule has 2 aromatic carbocycles. The molecule has 0 unspecified atom stereocenters. The minimum Gasteiger partial charge on any atom is -0.508 e. The Labute approximate surface area is 115 Å². The topological polar surface area (TPSA) is 58.3 Å². The second-order valence-electron chi connectivity index (χ2n) is 4.08. The number of hydrogen-bond acceptors (Lipinski definition) is 3. The summed E-state index contributed by atoms with van der Waals surface area (Å²) in [5, 5.41) is 12.5. The van der Waals surface area contributed by atoms with E-state index in [0.717, 1.165) is 28.8 Å². The highest BCUT2D eigenvalue weighted by atomic mass is 79.9. The van der Waals surface area contributed by atoms with E-state index >= 15 is 0 Å². The van der Waals surface area contributed by atoms with Gasteiger partial charge >= 0.3 is 0 Å². The summed E-state index contributed by atoms with van der Waals surface area (Å²) >= 11 is 3.47. The van der Waals surface area contributed by atoms with Gasteiger partial charge in [0.15, 0.2) is 0 Å². The van der Waals surface area contributed by atoms with Crippen molar-refractivity contribution in [3.05, 3.63) is 52.5 Å². The average Bonchev–Trinajstić information content (AvgIpc) is 2.34. The quantitative estimate of drug-likeness (QED) is 0.759. The first-order valence-electron chi connectivity index (χ1n) is 5.72. The first-order chi connectivity index (χ1) is 8.65. The van der Waals surface area contributed by atoms with Gasteiger partial charge in [-0.3, -0.25) is 0 Å². The highest BCUT2D eigenvalue weighted by Gasteiger charge is 1.99. The first kappa shape index (κ1) is 12.8. The van der Waals surface area contributed by atoms with Crippen molar-refractivity contribution in [1.82, 2.24) is 0 Å². The predicted molar refractivity (Wildman–Crippen MR) is 78.9 cm³/mol. The summed E-state index contributed by atoms with van der Waals surface area (Å²) in [5.74, 6) is 0.299. The van der Waals surface area contributed by atoms with Crippen LogP contribution in [0, 0.1) is 0 Å². The van der Waals surface area contributed by atoms with Crippen LogP contribution in [0.25, 0.3) is 0 Å². The third kappa shape index (κ3) is 3.40. The van der Waals surface area contributed by atoms with Gasteiger partial charge in [0.1, 0.15) is 5.75 Å². The lowest BCUT2D eigenvalue weighted by molar-refractivity contribution is 0.475. The van der Waals surface area contributed by atoms with Gasteiger partial charge in [-0.25, -0.2) is 0 Å². The zero-order valence-electron chi connectivity index (χ0n) is 9.86. The van der Waals surface area contributed by atoms with Crippen LogP contribution in [0.15, 0.2) is 46.9 Å². The van der Waals surface area contributed by atoms with E-state index in [4.69, 9.17) is 5.73 Å². The maximum Gasteiger partial charge on any atom is 0.115 e. The molecule has 2 aromatic rings. The Bertz CT molecular complexity index is 526. The summed E-state index contributed by atoms with van der Waals surface area (Å²) in [6.45, 7) is 0.827. The molecule has 3 nitrogen and oxygen atoms in total. The van der Waals surface area contributed by atoms with Crippen LogP contribution >= 0.6 is 15.9 Å². The molecule has 4 N–H and O–H groups in total. The molecular formula is C14H15BrN2O. The summed E-state index contributed by atoms with van der Waals surface area (Å²) in [7, 11) is 0. The maximum absolute atomic E-state index is 9.19. The fraction of sp³-hybridized carbons (Fsp3) is 0.143. The van der Waals surface area contributed by atoms with E-state index < -0.39 is 0 Å². The number of rotatable bonds is 4. The molecule has 0 aliphatic rings. The normalized spacial score (nSPS) is 10.3. The van der Waals surface area contributed by atoms with E-state index in [9.17, 15) is 5.11 Å². The number of nitrogens with one attached hydrogen (secondary N) is 1. The van der Waals surface area contributed by atoms with Crippen molar-refractivity contribution in [2.45, 2.75) is 6.42 Å². The van der Waals surface area contributed by atoms with Crippen molar-refractivity contribution in [1.29, 1.82) is 0 Å². The summed E-state index contributed by atoms with van der Waals surface area (Å²) in [6, 6.07) is 13.0. The molecule has 0 fully saturated rings. The van der Waals surface area contributed by atoms with E-state index in [1.807, 2.05) is 30.3 Å². The summed E-state index contributed by atoms with van der Waals surface area (Å²) in [6.07, 6.45) is 0.900. The van der Waals surface area contributed by atoms with Gasteiger partial charge in [-0.1, -0.05) is 12.1 Å². The molecule has 0 aromatic heterocycles. The molecule has 2 rings (SSSR count). The fourth-order valence-corrected chi connectivity index (χ4v) is 2.22. The molecule has 0 heterocycles. The minimum atomic E-state index is 0.299. The molecular weight excluding hydrogens is 292 g/mol. The molecule has 4 heteroatoms. The maximum atomic E-state index is 9.19. The van der Waals surface area contributed by atoms with Crippen molar-refractivity contribution in [3.8, 4) is 5.75 Å². The van der Waals surface area contributed by atoms with E-state index in [2.05, 4.69) is 21.2 Å². The highest BCUT2D eigenvalue weighted by molar-refractivity contribution is 9.10. The van der Waals surface area contributed by atoms with Gasteiger partial charge in [0, 0.05) is 22.4 Å². The number of anilines is 2. The number of nitrogen functional groups attached to an aromatic ring is 1. The van der Waals surface area contributed by atoms with Crippen molar-refractivity contribution in [2.75, 3.05) is 17.6 Å². The Balaban J connectivity index is 1.90. The van der Waals surface area contributed by atoms with Crippen molar-refractivity contribution in [2.24, 2.45) is 0 Å². The number of hydrogen-bond donors (Lipinski definition) is 3. The van der Waals surface area contributed by atoms with Crippen LogP contribution in [-0.4, -0.2) is 11.7 Å². The van der Waals surface area contributed by atoms with E-state index in [1.54, 1.807) is 12.1 Å². The van der Waals surface area contributed by atoms with Crippen LogP contribution in [0.5, 0.6) is 5.75 Å². The Kier molecular flexibility index (Phi) is 4.10. The van der Waals surface area contributed by atoms with E-state index in [0.29, 0.717) is 5.75 Å². The Morgan fingerprint density at radius 3 is 2.50 bits per heavy atom. The fourth-order valence-electron chi connectivity index (χ4n) is 1.68. The van der Waals surface area contributed by atoms with Crippen LogP contribution < -0.4 is 11.1 Å². The molecule has 18 heavy (non-hydrogen) atoms. The Morgan fingerprint density at radius 1 is 1.11 bits per heavy atom. The minimum absolute atomic E-state index is 0.299. The van der Waals surface area contributed by atoms with E-state index in [1.165, 1.54) is 5.56 Å². The van der Waals surface area contributed by atoms with Crippen LogP contribution in [0.2, 0.25) is 0 Å². The summed E-state index contributed by atoms with van der Waals surface area (Å²) in [5.41, 5.74) is 8.64. The second-order valence-corrected chi connectivity index (χ2v) is 4.94. The molecule has 0 aliphatic carbocycles. The molecule has 0 bridgehead atoms. The number of halogens is 1. The highest BCUT2D eigenvalue weighted by Crippen LogP contribution is 2.24. The lowest BCUT2D eigenvalue weighted by Gasteiger charge is -2.09. The lowest BCUT2D eigenvalue weighted by Crippen LogP contribution is -2.05. The molecule has 0 saturated carbocycles. The van der Waals surface area contributed by atoms with Crippen molar-refractivity contribution < 1.29 is 5.11 Å². The van der Waals surface area contributed by atoms with Gasteiger partial charge in [0.05, 0.1) is 0 Å². The number of aromatic hydroxyl groups is 1. The zero-order valence-corrected chi connectivity index (χ0v) is 11.4. The molecule has 0 spiro atoms. The first-order valence-corrected chi connectivity index (χ1v) is 6.51. The van der Waals surface area contributed by atoms with Gasteiger partial charge < -0.3 is 16.2 Å². The van der Waals surface area contributed by atoms with E-state index in [-0.39, 0.29) is 0 Å². The number of benzene rings is 2. The molecule has 0 radical (unpaired) electrons. The molecule has 0 saturated heterocycles. The number of phenols is 1. The van der Waals surface area contributed by atoms with Gasteiger partial charge in [-0.05, 0) is 58.2 Å². The SMILES string of the molecule is Nc1ccc(NCCc2ccc(O)cc2)c(Br)c1. The second kappa shape index (κ2) is 5.78. The Morgan fingerprint density at radius 2 is 1.83 bits per heavy atom. The van der Waals surface area contributed by atoms with Gasteiger partial charge in [-0.15, -0.1) is 0 Å². The van der Waals surface area contributed by atoms with Gasteiger partial charge in [-0.2, -0.15) is 0 Å². The standard InChI is InChI=1S/C14H15BrN2O/c15-13-9-11(16)3-6-14(13)17-8-7-10-1-4-12(18)5-2-10/h1-6,9,17-18H,7-8,16H2. The van der Waals surface area contributed by atoms with Gasteiger partial charge in [0.2, 0.25) is 0 Å². The van der Waals surface area contributed by atoms with Crippen LogP contribution in [-0.2, 0) is 6.42 Å². The summed E-state index contributed by atoms with van der Waals surface area (Å²) < 4.78 is 0.966. The largest absolute Gasteiger partial charge is 0.508 e. The smallest absolute Gasteiger partial charge is 0.115 e. The van der Waals surface area contributed by atoms with Crippen LogP contribution in [0.4, 0.5) is 11.4 Å². The van der Waals surface area contributed by atoms with Crippen molar-refractivity contribution in [3.63, 3.8) is 0 Å². The third-order valence-electron chi connectivity index (χ3n) is 2.66. The number of phenolic OH excluding ortho intramolecular Hbond substituents is 1. The predicted octanol–water partition coefficient (Wildman–Crippen LogP) is 3.39. The van der Waals surface area contributed by atoms with Crippen LogP contribution in [0.1, 0.15) is 5.56 Å². The lowest BCUT2D eigenvalue weighted by atomic mass is 10.1. The molecule has 0 atom stereocenters. The zero-order chi connectivity index (χ0) is 13.0. The number of nitrogens with two attached hydrogens (primary N) is 1. The Hall–Kier alpha value is -1.68. The third-order valence-corrected chi connectivity index (χ3v) is 3.31. The van der Waals surface area contributed by atoms with Crippen LogP contribution in [0.3, 0.4) is 0 Å². The average molecular weight is 307 g/mol. The van der Waals surface area contributed by atoms with Crippen molar-refractivity contribution >= 4 is 27.3 Å². The monoisotopic (exact) mass is 306 g/mol.